The van der Waals surface area contributed by atoms with Crippen LogP contribution < -0.4 is 0 Å². The van der Waals surface area contributed by atoms with Gasteiger partial charge in [-0.05, 0) is 37.3 Å². The number of carboxylic acid groups (broad SMARTS) is 1. The molecular weight excluding hydrogens is 294 g/mol. The molecule has 0 saturated heterocycles. The van der Waals surface area contributed by atoms with E-state index in [9.17, 15) is 9.90 Å². The van der Waals surface area contributed by atoms with E-state index in [2.05, 4.69) is 10.1 Å². The quantitative estimate of drug-likeness (QED) is 0.754. The van der Waals surface area contributed by atoms with Gasteiger partial charge in [-0.3, -0.25) is 10.8 Å². The van der Waals surface area contributed by atoms with E-state index in [0.717, 1.165) is 5.69 Å². The zero-order valence-corrected chi connectivity index (χ0v) is 12.2. The van der Waals surface area contributed by atoms with Crippen LogP contribution in [-0.4, -0.2) is 37.3 Å². The SMILES string of the molecule is Cc1cccc(-n2nc(C(=O)O)cc2C2=CC(=N)C(=N)C=C2)n1. The Bertz CT molecular complexity index is 905. The van der Waals surface area contributed by atoms with Gasteiger partial charge in [0.05, 0.1) is 17.1 Å². The number of hydrogen-bond acceptors (Lipinski definition) is 5. The van der Waals surface area contributed by atoms with E-state index in [4.69, 9.17) is 10.8 Å². The van der Waals surface area contributed by atoms with Crippen LogP contribution in [0.3, 0.4) is 0 Å². The summed E-state index contributed by atoms with van der Waals surface area (Å²) in [5, 5.41) is 28.6. The van der Waals surface area contributed by atoms with Crippen LogP contribution in [0.25, 0.3) is 11.4 Å². The molecule has 7 nitrogen and oxygen atoms in total. The van der Waals surface area contributed by atoms with Crippen LogP contribution in [0.1, 0.15) is 21.9 Å². The second kappa shape index (κ2) is 5.45. The van der Waals surface area contributed by atoms with Crippen molar-refractivity contribution in [3.63, 3.8) is 0 Å². The maximum atomic E-state index is 11.3. The lowest BCUT2D eigenvalue weighted by molar-refractivity contribution is 0.0690. The summed E-state index contributed by atoms with van der Waals surface area (Å²) in [5.74, 6) is -0.644. The molecule has 0 radical (unpaired) electrons. The van der Waals surface area contributed by atoms with E-state index >= 15 is 0 Å². The van der Waals surface area contributed by atoms with Gasteiger partial charge >= 0.3 is 5.97 Å². The van der Waals surface area contributed by atoms with Crippen LogP contribution in [0, 0.1) is 17.7 Å². The van der Waals surface area contributed by atoms with Crippen molar-refractivity contribution in [2.45, 2.75) is 6.92 Å². The molecule has 23 heavy (non-hydrogen) atoms. The van der Waals surface area contributed by atoms with Crippen LogP contribution in [0.5, 0.6) is 0 Å². The minimum Gasteiger partial charge on any atom is -0.476 e. The van der Waals surface area contributed by atoms with Crippen molar-refractivity contribution in [2.24, 2.45) is 0 Å². The van der Waals surface area contributed by atoms with E-state index in [1.165, 1.54) is 22.9 Å². The second-order valence-corrected chi connectivity index (χ2v) is 5.03. The van der Waals surface area contributed by atoms with Gasteiger partial charge in [0.1, 0.15) is 0 Å². The summed E-state index contributed by atoms with van der Waals surface area (Å²) in [7, 11) is 0. The Morgan fingerprint density at radius 3 is 2.65 bits per heavy atom. The molecule has 0 spiro atoms. The molecule has 3 rings (SSSR count). The van der Waals surface area contributed by atoms with Crippen molar-refractivity contribution in [2.75, 3.05) is 0 Å². The lowest BCUT2D eigenvalue weighted by atomic mass is 10.0. The van der Waals surface area contributed by atoms with Crippen LogP contribution in [0.15, 0.2) is 42.5 Å². The topological polar surface area (TPSA) is 116 Å². The fraction of sp³-hybridized carbons (Fsp3) is 0.0625. The molecule has 0 unspecified atom stereocenters. The van der Waals surface area contributed by atoms with Crippen LogP contribution in [0.2, 0.25) is 0 Å². The Labute approximate surface area is 131 Å². The van der Waals surface area contributed by atoms with Gasteiger partial charge in [0.15, 0.2) is 11.5 Å². The molecule has 0 amide bonds. The van der Waals surface area contributed by atoms with E-state index in [1.54, 1.807) is 12.1 Å². The minimum absolute atomic E-state index is 0.0596. The third-order valence-corrected chi connectivity index (χ3v) is 3.33. The molecule has 3 N–H and O–H groups in total. The third kappa shape index (κ3) is 2.71. The van der Waals surface area contributed by atoms with Crippen molar-refractivity contribution < 1.29 is 9.90 Å². The van der Waals surface area contributed by atoms with Gasteiger partial charge < -0.3 is 5.11 Å². The predicted molar refractivity (Wildman–Crippen MR) is 85.6 cm³/mol. The van der Waals surface area contributed by atoms with Crippen molar-refractivity contribution in [1.29, 1.82) is 10.8 Å². The molecule has 0 fully saturated rings. The van der Waals surface area contributed by atoms with Gasteiger partial charge in [0.25, 0.3) is 0 Å². The maximum absolute atomic E-state index is 11.3. The largest absolute Gasteiger partial charge is 0.476 e. The molecule has 0 atom stereocenters. The fourth-order valence-corrected chi connectivity index (χ4v) is 2.22. The number of nitrogens with zero attached hydrogens (tertiary/aromatic N) is 3. The molecule has 2 heterocycles. The Morgan fingerprint density at radius 2 is 2.00 bits per heavy atom. The van der Waals surface area contributed by atoms with Crippen LogP contribution >= 0.6 is 0 Å². The van der Waals surface area contributed by atoms with Crippen molar-refractivity contribution in [1.82, 2.24) is 14.8 Å². The Hall–Kier alpha value is -3.35. The maximum Gasteiger partial charge on any atom is 0.356 e. The fourth-order valence-electron chi connectivity index (χ4n) is 2.22. The van der Waals surface area contributed by atoms with E-state index < -0.39 is 5.97 Å². The molecule has 0 saturated carbocycles. The number of aromatic carboxylic acids is 1. The lowest BCUT2D eigenvalue weighted by Crippen LogP contribution is -2.12. The van der Waals surface area contributed by atoms with E-state index in [-0.39, 0.29) is 17.1 Å². The molecule has 2 aromatic rings. The summed E-state index contributed by atoms with van der Waals surface area (Å²) >= 11 is 0. The number of allylic oxidation sites excluding steroid dienone is 4. The Balaban J connectivity index is 2.18. The molecule has 0 bridgehead atoms. The zero-order chi connectivity index (χ0) is 16.6. The van der Waals surface area contributed by atoms with Crippen LogP contribution in [0.4, 0.5) is 0 Å². The van der Waals surface area contributed by atoms with Crippen LogP contribution in [-0.2, 0) is 0 Å². The average Bonchev–Trinajstić information content (AvgIpc) is 2.95. The van der Waals surface area contributed by atoms with Gasteiger partial charge in [-0.2, -0.15) is 5.10 Å². The molecule has 0 aromatic carbocycles. The van der Waals surface area contributed by atoms with Gasteiger partial charge in [0, 0.05) is 11.3 Å². The molecule has 2 aromatic heterocycles. The third-order valence-electron chi connectivity index (χ3n) is 3.33. The van der Waals surface area contributed by atoms with Crippen molar-refractivity contribution in [3.8, 4) is 5.82 Å². The van der Waals surface area contributed by atoms with Gasteiger partial charge in [-0.15, -0.1) is 0 Å². The normalized spacial score (nSPS) is 14.0. The van der Waals surface area contributed by atoms with Gasteiger partial charge in [-0.1, -0.05) is 12.1 Å². The average molecular weight is 307 g/mol. The molecular formula is C16H13N5O2. The first-order chi connectivity index (χ1) is 11.0. The summed E-state index contributed by atoms with van der Waals surface area (Å²) in [6, 6.07) is 6.81. The first-order valence-corrected chi connectivity index (χ1v) is 6.81. The summed E-state index contributed by atoms with van der Waals surface area (Å²) in [6.07, 6.45) is 4.67. The van der Waals surface area contributed by atoms with Gasteiger partial charge in [-0.25, -0.2) is 14.5 Å². The molecule has 1 aliphatic carbocycles. The number of aromatic nitrogens is 3. The van der Waals surface area contributed by atoms with Crippen molar-refractivity contribution >= 4 is 23.0 Å². The summed E-state index contributed by atoms with van der Waals surface area (Å²) < 4.78 is 1.44. The van der Waals surface area contributed by atoms with E-state index in [0.29, 0.717) is 17.1 Å². The first-order valence-electron chi connectivity index (χ1n) is 6.81. The van der Waals surface area contributed by atoms with Gasteiger partial charge in [0.2, 0.25) is 0 Å². The molecule has 0 aliphatic heterocycles. The number of hydrogen-bond donors (Lipinski definition) is 3. The summed E-state index contributed by atoms with van der Waals surface area (Å²) in [6.45, 7) is 1.83. The molecule has 114 valence electrons. The number of nitrogens with one attached hydrogen (secondary N) is 2. The lowest BCUT2D eigenvalue weighted by Gasteiger charge is -2.11. The zero-order valence-electron chi connectivity index (χ0n) is 12.2. The summed E-state index contributed by atoms with van der Waals surface area (Å²) in [5.41, 5.74) is 1.95. The second-order valence-electron chi connectivity index (χ2n) is 5.03. The monoisotopic (exact) mass is 307 g/mol. The highest BCUT2D eigenvalue weighted by atomic mass is 16.4. The number of carbonyl (C=O) groups is 1. The highest BCUT2D eigenvalue weighted by molar-refractivity contribution is 6.50. The number of aryl methyl sites for hydroxylation is 1. The number of rotatable bonds is 3. The Kier molecular flexibility index (Phi) is 3.46. The highest BCUT2D eigenvalue weighted by Gasteiger charge is 2.19. The molecule has 1 aliphatic rings. The minimum atomic E-state index is -1.14. The number of carboxylic acids is 1. The highest BCUT2D eigenvalue weighted by Crippen LogP contribution is 2.23. The summed E-state index contributed by atoms with van der Waals surface area (Å²) in [4.78, 5) is 15.6. The smallest absolute Gasteiger partial charge is 0.356 e. The first kappa shape index (κ1) is 14.6. The van der Waals surface area contributed by atoms with Crippen molar-refractivity contribution in [3.05, 3.63) is 59.6 Å². The standard InChI is InChI=1S/C16H13N5O2/c1-9-3-2-4-15(19-9)21-14(8-13(20-21)16(22)23)10-5-6-11(17)12(18)7-10/h2-8,17-18H,1H3,(H,22,23). The predicted octanol–water partition coefficient (Wildman–Crippen LogP) is 2.27. The molecule has 7 heteroatoms. The Morgan fingerprint density at radius 1 is 1.22 bits per heavy atom. The van der Waals surface area contributed by atoms with E-state index in [1.807, 2.05) is 19.1 Å². The number of pyridine rings is 1.